The molecule has 2 nitrogen and oxygen atoms in total. The molecule has 2 N–H and O–H groups in total. The third-order valence-electron chi connectivity index (χ3n) is 5.13. The summed E-state index contributed by atoms with van der Waals surface area (Å²) in [4.78, 5) is 2.61. The van der Waals surface area contributed by atoms with Gasteiger partial charge in [-0.3, -0.25) is 0 Å². The molecule has 2 fully saturated rings. The molecule has 2 aliphatic rings. The van der Waals surface area contributed by atoms with Crippen LogP contribution >= 0.6 is 0 Å². The minimum Gasteiger partial charge on any atom is -0.327 e. The summed E-state index contributed by atoms with van der Waals surface area (Å²) in [5.41, 5.74) is 6.41. The largest absolute Gasteiger partial charge is 0.327 e. The first kappa shape index (κ1) is 13.4. The molecule has 0 aliphatic carbocycles. The van der Waals surface area contributed by atoms with Gasteiger partial charge in [-0.25, -0.2) is 0 Å². The standard InChI is InChI=1S/C15H30N2/c1-3-4-5-6-7-15(16)12-10-13-8-9-14(11-12)17(13)2/h12-15H,3-11,16H2,1-2H3. The molecule has 3 atom stereocenters. The molecule has 2 saturated heterocycles. The summed E-state index contributed by atoms with van der Waals surface area (Å²) in [5, 5.41) is 0. The molecule has 0 amide bonds. The maximum absolute atomic E-state index is 6.41. The first-order chi connectivity index (χ1) is 8.22. The SMILES string of the molecule is CCCCCCC(N)C1CC2CCC(C1)N2C. The maximum atomic E-state index is 6.41. The Morgan fingerprint density at radius 2 is 1.76 bits per heavy atom. The minimum absolute atomic E-state index is 0.476. The Bertz CT molecular complexity index is 215. The van der Waals surface area contributed by atoms with Gasteiger partial charge < -0.3 is 10.6 Å². The smallest absolute Gasteiger partial charge is 0.00989 e. The average molecular weight is 238 g/mol. The fraction of sp³-hybridized carbons (Fsp3) is 1.00. The fourth-order valence-corrected chi connectivity index (χ4v) is 3.85. The van der Waals surface area contributed by atoms with Gasteiger partial charge in [-0.2, -0.15) is 0 Å². The van der Waals surface area contributed by atoms with Crippen LogP contribution in [-0.4, -0.2) is 30.1 Å². The zero-order valence-corrected chi connectivity index (χ0v) is 11.7. The third kappa shape index (κ3) is 3.23. The lowest BCUT2D eigenvalue weighted by Crippen LogP contribution is -2.45. The Balaban J connectivity index is 1.72. The fourth-order valence-electron chi connectivity index (χ4n) is 3.85. The summed E-state index contributed by atoms with van der Waals surface area (Å²) < 4.78 is 0. The second-order valence-electron chi connectivity index (χ2n) is 6.30. The summed E-state index contributed by atoms with van der Waals surface area (Å²) in [7, 11) is 2.31. The number of nitrogens with two attached hydrogens (primary N) is 1. The lowest BCUT2D eigenvalue weighted by Gasteiger charge is -2.38. The Kier molecular flexibility index (Phi) is 4.87. The molecule has 100 valence electrons. The molecule has 0 aromatic rings. The molecule has 0 aromatic heterocycles. The van der Waals surface area contributed by atoms with Gasteiger partial charge in [0.1, 0.15) is 0 Å². The zero-order chi connectivity index (χ0) is 12.3. The van der Waals surface area contributed by atoms with Crippen molar-refractivity contribution in [3.8, 4) is 0 Å². The molecule has 2 heteroatoms. The van der Waals surface area contributed by atoms with Crippen LogP contribution in [0.5, 0.6) is 0 Å². The van der Waals surface area contributed by atoms with E-state index in [0.29, 0.717) is 6.04 Å². The third-order valence-corrected chi connectivity index (χ3v) is 5.13. The van der Waals surface area contributed by atoms with E-state index in [0.717, 1.165) is 18.0 Å². The van der Waals surface area contributed by atoms with Crippen molar-refractivity contribution in [2.45, 2.75) is 82.8 Å². The van der Waals surface area contributed by atoms with Crippen molar-refractivity contribution in [1.29, 1.82) is 0 Å². The van der Waals surface area contributed by atoms with Crippen molar-refractivity contribution in [2.75, 3.05) is 7.05 Å². The topological polar surface area (TPSA) is 29.3 Å². The number of rotatable bonds is 6. The predicted octanol–water partition coefficient (Wildman–Crippen LogP) is 3.16. The molecule has 0 spiro atoms. The van der Waals surface area contributed by atoms with Gasteiger partial charge in [0.05, 0.1) is 0 Å². The lowest BCUT2D eigenvalue weighted by molar-refractivity contribution is 0.118. The second-order valence-corrected chi connectivity index (χ2v) is 6.30. The van der Waals surface area contributed by atoms with Crippen LogP contribution in [0.2, 0.25) is 0 Å². The Morgan fingerprint density at radius 3 is 2.35 bits per heavy atom. The molecular formula is C15H30N2. The molecule has 2 aliphatic heterocycles. The van der Waals surface area contributed by atoms with Crippen molar-refractivity contribution in [3.05, 3.63) is 0 Å². The molecule has 2 heterocycles. The van der Waals surface area contributed by atoms with E-state index in [4.69, 9.17) is 5.73 Å². The summed E-state index contributed by atoms with van der Waals surface area (Å²) in [6.07, 6.45) is 12.2. The molecular weight excluding hydrogens is 208 g/mol. The summed E-state index contributed by atoms with van der Waals surface area (Å²) >= 11 is 0. The van der Waals surface area contributed by atoms with Crippen molar-refractivity contribution >= 4 is 0 Å². The van der Waals surface area contributed by atoms with Crippen molar-refractivity contribution in [2.24, 2.45) is 11.7 Å². The lowest BCUT2D eigenvalue weighted by atomic mass is 9.83. The van der Waals surface area contributed by atoms with Gasteiger partial charge in [0.15, 0.2) is 0 Å². The van der Waals surface area contributed by atoms with Crippen molar-refractivity contribution < 1.29 is 0 Å². The van der Waals surface area contributed by atoms with Crippen LogP contribution in [-0.2, 0) is 0 Å². The van der Waals surface area contributed by atoms with Crippen LogP contribution in [0, 0.1) is 5.92 Å². The van der Waals surface area contributed by atoms with E-state index in [9.17, 15) is 0 Å². The van der Waals surface area contributed by atoms with Gasteiger partial charge in [-0.15, -0.1) is 0 Å². The molecule has 17 heavy (non-hydrogen) atoms. The van der Waals surface area contributed by atoms with Gasteiger partial charge in [0.2, 0.25) is 0 Å². The average Bonchev–Trinajstić information content (AvgIpc) is 2.57. The highest BCUT2D eigenvalue weighted by molar-refractivity contribution is 4.95. The van der Waals surface area contributed by atoms with Crippen molar-refractivity contribution in [3.63, 3.8) is 0 Å². The highest BCUT2D eigenvalue weighted by Crippen LogP contribution is 2.38. The van der Waals surface area contributed by atoms with Crippen molar-refractivity contribution in [1.82, 2.24) is 4.90 Å². The van der Waals surface area contributed by atoms with Crippen LogP contribution in [0.1, 0.15) is 64.7 Å². The van der Waals surface area contributed by atoms with E-state index in [2.05, 4.69) is 18.9 Å². The van der Waals surface area contributed by atoms with E-state index in [-0.39, 0.29) is 0 Å². The predicted molar refractivity (Wildman–Crippen MR) is 74.0 cm³/mol. The first-order valence-corrected chi connectivity index (χ1v) is 7.70. The molecule has 2 bridgehead atoms. The van der Waals surface area contributed by atoms with Crippen LogP contribution in [0.4, 0.5) is 0 Å². The zero-order valence-electron chi connectivity index (χ0n) is 11.7. The minimum atomic E-state index is 0.476. The summed E-state index contributed by atoms with van der Waals surface area (Å²) in [5.74, 6) is 0.810. The van der Waals surface area contributed by atoms with Gasteiger partial charge in [0, 0.05) is 18.1 Å². The molecule has 0 aromatic carbocycles. The number of hydrogen-bond donors (Lipinski definition) is 1. The van der Waals surface area contributed by atoms with E-state index in [1.807, 2.05) is 0 Å². The maximum Gasteiger partial charge on any atom is 0.00989 e. The van der Waals surface area contributed by atoms with E-state index in [1.54, 1.807) is 0 Å². The van der Waals surface area contributed by atoms with Gasteiger partial charge in [-0.1, -0.05) is 32.6 Å². The number of unbranched alkanes of at least 4 members (excludes halogenated alkanes) is 3. The normalized spacial score (nSPS) is 35.1. The monoisotopic (exact) mass is 238 g/mol. The van der Waals surface area contributed by atoms with Crippen LogP contribution in [0.3, 0.4) is 0 Å². The van der Waals surface area contributed by atoms with Gasteiger partial charge >= 0.3 is 0 Å². The van der Waals surface area contributed by atoms with Gasteiger partial charge in [-0.05, 0) is 45.1 Å². The van der Waals surface area contributed by atoms with Crippen LogP contribution < -0.4 is 5.73 Å². The number of fused-ring (bicyclic) bond motifs is 2. The van der Waals surface area contributed by atoms with E-state index < -0.39 is 0 Å². The van der Waals surface area contributed by atoms with Gasteiger partial charge in [0.25, 0.3) is 0 Å². The number of hydrogen-bond acceptors (Lipinski definition) is 2. The van der Waals surface area contributed by atoms with Crippen LogP contribution in [0.25, 0.3) is 0 Å². The Hall–Kier alpha value is -0.0800. The molecule has 0 saturated carbocycles. The summed E-state index contributed by atoms with van der Waals surface area (Å²) in [6, 6.07) is 2.17. The molecule has 2 rings (SSSR count). The molecule has 3 unspecified atom stereocenters. The number of piperidine rings is 1. The summed E-state index contributed by atoms with van der Waals surface area (Å²) in [6.45, 7) is 2.27. The Morgan fingerprint density at radius 1 is 1.12 bits per heavy atom. The van der Waals surface area contributed by atoms with Crippen LogP contribution in [0.15, 0.2) is 0 Å². The Labute approximate surface area is 107 Å². The quantitative estimate of drug-likeness (QED) is 0.720. The second kappa shape index (κ2) is 6.19. The highest BCUT2D eigenvalue weighted by Gasteiger charge is 2.39. The molecule has 0 radical (unpaired) electrons. The van der Waals surface area contributed by atoms with E-state index in [1.165, 1.54) is 57.8 Å². The van der Waals surface area contributed by atoms with E-state index >= 15 is 0 Å². The highest BCUT2D eigenvalue weighted by atomic mass is 15.2. The first-order valence-electron chi connectivity index (χ1n) is 7.70. The number of nitrogens with zero attached hydrogens (tertiary/aromatic N) is 1.